The Kier molecular flexibility index (Phi) is 6.08. The molecule has 2 aromatic rings. The average Bonchev–Trinajstić information content (AvgIpc) is 2.99. The molecule has 1 aromatic carbocycles. The Balaban J connectivity index is 1.62. The number of aromatic nitrogens is 1. The fraction of sp³-hybridized carbons (Fsp3) is 0.462. The minimum absolute atomic E-state index is 0.00000947. The van der Waals surface area contributed by atoms with Crippen LogP contribution < -0.4 is 4.74 Å². The maximum absolute atomic E-state index is 13.7. The Hall–Kier alpha value is -2.73. The molecule has 0 spiro atoms. The molecule has 1 aliphatic carbocycles. The van der Waals surface area contributed by atoms with E-state index in [2.05, 4.69) is 24.9 Å². The van der Waals surface area contributed by atoms with Gasteiger partial charge in [0.25, 0.3) is 0 Å². The van der Waals surface area contributed by atoms with Crippen molar-refractivity contribution in [3.05, 3.63) is 54.1 Å². The number of fused-ring (bicyclic) bond motifs is 1. The first-order chi connectivity index (χ1) is 15.3. The van der Waals surface area contributed by atoms with Gasteiger partial charge in [-0.25, -0.2) is 9.18 Å². The summed E-state index contributed by atoms with van der Waals surface area (Å²) in [7, 11) is 1.55. The van der Waals surface area contributed by atoms with Gasteiger partial charge in [0.05, 0.1) is 12.8 Å². The van der Waals surface area contributed by atoms with Crippen LogP contribution in [0.15, 0.2) is 42.6 Å². The number of ether oxygens (including phenoxy) is 2. The molecule has 1 N–H and O–H groups in total. The zero-order valence-corrected chi connectivity index (χ0v) is 18.9. The zero-order chi connectivity index (χ0) is 23.0. The molecule has 0 radical (unpaired) electrons. The van der Waals surface area contributed by atoms with Crippen molar-refractivity contribution in [1.29, 1.82) is 0 Å². The number of allylic oxidation sites excluding steroid dienone is 1. The lowest BCUT2D eigenvalue weighted by Crippen LogP contribution is -2.53. The standard InChI is InChI=1S/C26H30FNO4/c1-5-20-15(2)13-26(30)24(16(3)32-25(26)29)21(20)10-9-19-8-6-17(14-28-19)22-12-18(27)7-11-23(22)31-4/h6-12,14-16,20-21,24,30H,5,13H2,1-4H3/b10-9+/t15?,16-,20?,21?,24?,26?/m1/s1. The number of rotatable bonds is 5. The Bertz CT molecular complexity index is 1020. The van der Waals surface area contributed by atoms with Gasteiger partial charge in [0.2, 0.25) is 0 Å². The highest BCUT2D eigenvalue weighted by atomic mass is 19.1. The first kappa shape index (κ1) is 22.5. The van der Waals surface area contributed by atoms with Gasteiger partial charge < -0.3 is 14.6 Å². The number of cyclic esters (lactones) is 1. The molecule has 1 aromatic heterocycles. The van der Waals surface area contributed by atoms with Gasteiger partial charge in [0, 0.05) is 23.2 Å². The van der Waals surface area contributed by atoms with Crippen LogP contribution in [-0.2, 0) is 9.53 Å². The van der Waals surface area contributed by atoms with E-state index in [1.165, 1.54) is 12.1 Å². The van der Waals surface area contributed by atoms with Crippen LogP contribution in [0.25, 0.3) is 17.2 Å². The Morgan fingerprint density at radius 3 is 2.75 bits per heavy atom. The van der Waals surface area contributed by atoms with Crippen LogP contribution in [0.3, 0.4) is 0 Å². The number of methoxy groups -OCH3 is 1. The summed E-state index contributed by atoms with van der Waals surface area (Å²) in [4.78, 5) is 16.9. The smallest absolute Gasteiger partial charge is 0.338 e. The number of nitrogens with zero attached hydrogens (tertiary/aromatic N) is 1. The van der Waals surface area contributed by atoms with Crippen LogP contribution >= 0.6 is 0 Å². The van der Waals surface area contributed by atoms with E-state index in [-0.39, 0.29) is 29.7 Å². The molecule has 2 fully saturated rings. The predicted octanol–water partition coefficient (Wildman–Crippen LogP) is 4.88. The molecule has 1 saturated heterocycles. The molecule has 5 unspecified atom stereocenters. The van der Waals surface area contributed by atoms with E-state index in [0.29, 0.717) is 23.7 Å². The van der Waals surface area contributed by atoms with Crippen molar-refractivity contribution in [3.63, 3.8) is 0 Å². The molecule has 0 amide bonds. The molecule has 2 aliphatic rings. The first-order valence-electron chi connectivity index (χ1n) is 11.2. The van der Waals surface area contributed by atoms with Gasteiger partial charge in [-0.05, 0) is 61.4 Å². The van der Waals surface area contributed by atoms with Crippen LogP contribution in [-0.4, -0.2) is 34.9 Å². The highest BCUT2D eigenvalue weighted by Gasteiger charge is 2.62. The van der Waals surface area contributed by atoms with E-state index in [1.54, 1.807) is 19.4 Å². The van der Waals surface area contributed by atoms with Gasteiger partial charge in [-0.1, -0.05) is 32.4 Å². The third-order valence-electron chi connectivity index (χ3n) is 7.20. The molecule has 6 atom stereocenters. The molecular weight excluding hydrogens is 409 g/mol. The van der Waals surface area contributed by atoms with Gasteiger partial charge in [0.15, 0.2) is 5.60 Å². The molecule has 32 heavy (non-hydrogen) atoms. The van der Waals surface area contributed by atoms with Gasteiger partial charge in [0.1, 0.15) is 17.7 Å². The van der Waals surface area contributed by atoms with E-state index >= 15 is 0 Å². The number of pyridine rings is 1. The van der Waals surface area contributed by atoms with E-state index in [0.717, 1.165) is 17.7 Å². The summed E-state index contributed by atoms with van der Waals surface area (Å²) in [6, 6.07) is 8.14. The highest BCUT2D eigenvalue weighted by Crippen LogP contribution is 2.52. The molecule has 0 bridgehead atoms. The fourth-order valence-corrected chi connectivity index (χ4v) is 5.72. The second-order valence-electron chi connectivity index (χ2n) is 9.07. The van der Waals surface area contributed by atoms with Gasteiger partial charge in [-0.15, -0.1) is 0 Å². The second-order valence-corrected chi connectivity index (χ2v) is 9.07. The molecule has 170 valence electrons. The van der Waals surface area contributed by atoms with Gasteiger partial charge >= 0.3 is 5.97 Å². The van der Waals surface area contributed by atoms with Crippen LogP contribution in [0.1, 0.15) is 39.3 Å². The quantitative estimate of drug-likeness (QED) is 0.672. The van der Waals surface area contributed by atoms with E-state index < -0.39 is 11.6 Å². The number of aliphatic hydroxyl groups is 1. The second kappa shape index (κ2) is 8.66. The molecule has 6 heteroatoms. The maximum Gasteiger partial charge on any atom is 0.338 e. The predicted molar refractivity (Wildman–Crippen MR) is 120 cm³/mol. The minimum atomic E-state index is -1.43. The summed E-state index contributed by atoms with van der Waals surface area (Å²) in [6.45, 7) is 6.11. The number of halogens is 1. The normalized spacial score (nSPS) is 32.1. The molecule has 2 heterocycles. The summed E-state index contributed by atoms with van der Waals surface area (Å²) < 4.78 is 24.5. The summed E-state index contributed by atoms with van der Waals surface area (Å²) in [5, 5.41) is 11.2. The van der Waals surface area contributed by atoms with Crippen molar-refractivity contribution < 1.29 is 23.8 Å². The van der Waals surface area contributed by atoms with Crippen molar-refractivity contribution in [3.8, 4) is 16.9 Å². The van der Waals surface area contributed by atoms with Crippen molar-refractivity contribution in [2.45, 2.75) is 45.3 Å². The van der Waals surface area contributed by atoms with Crippen molar-refractivity contribution in [1.82, 2.24) is 4.98 Å². The minimum Gasteiger partial charge on any atom is -0.496 e. The van der Waals surface area contributed by atoms with Crippen LogP contribution in [0, 0.1) is 29.5 Å². The van der Waals surface area contributed by atoms with Gasteiger partial charge in [-0.2, -0.15) is 0 Å². The molecule has 4 rings (SSSR count). The number of hydrogen-bond acceptors (Lipinski definition) is 5. The number of carbonyl (C=O) groups is 1. The first-order valence-corrected chi connectivity index (χ1v) is 11.2. The topological polar surface area (TPSA) is 68.7 Å². The summed E-state index contributed by atoms with van der Waals surface area (Å²) in [5.41, 5.74) is 0.723. The van der Waals surface area contributed by atoms with Crippen molar-refractivity contribution in [2.24, 2.45) is 23.7 Å². The lowest BCUT2D eigenvalue weighted by Gasteiger charge is -2.45. The third kappa shape index (κ3) is 3.81. The molecule has 1 aliphatic heterocycles. The number of esters is 1. The maximum atomic E-state index is 13.7. The van der Waals surface area contributed by atoms with Crippen molar-refractivity contribution >= 4 is 12.0 Å². The van der Waals surface area contributed by atoms with Crippen LogP contribution in [0.4, 0.5) is 4.39 Å². The Labute approximate surface area is 188 Å². The Morgan fingerprint density at radius 1 is 1.31 bits per heavy atom. The average molecular weight is 440 g/mol. The molecule has 1 saturated carbocycles. The summed E-state index contributed by atoms with van der Waals surface area (Å²) in [6.07, 6.45) is 6.76. The van der Waals surface area contributed by atoms with E-state index in [9.17, 15) is 14.3 Å². The highest BCUT2D eigenvalue weighted by molar-refractivity contribution is 5.82. The largest absolute Gasteiger partial charge is 0.496 e. The molecule has 5 nitrogen and oxygen atoms in total. The monoisotopic (exact) mass is 439 g/mol. The number of hydrogen-bond donors (Lipinski definition) is 1. The fourth-order valence-electron chi connectivity index (χ4n) is 5.72. The SMILES string of the molecule is CCC1C(C)CC2(O)C(=O)O[C@H](C)C2C1/C=C/c1ccc(-c2cc(F)ccc2OC)cn1. The number of benzene rings is 1. The third-order valence-corrected chi connectivity index (χ3v) is 7.20. The van der Waals surface area contributed by atoms with E-state index in [4.69, 9.17) is 9.47 Å². The van der Waals surface area contributed by atoms with Gasteiger partial charge in [-0.3, -0.25) is 4.98 Å². The molecular formula is C26H30FNO4. The lowest BCUT2D eigenvalue weighted by molar-refractivity contribution is -0.160. The summed E-state index contributed by atoms with van der Waals surface area (Å²) >= 11 is 0. The summed E-state index contributed by atoms with van der Waals surface area (Å²) in [5.74, 6) is 0.00718. The van der Waals surface area contributed by atoms with Crippen LogP contribution in [0.5, 0.6) is 5.75 Å². The van der Waals surface area contributed by atoms with Crippen LogP contribution in [0.2, 0.25) is 0 Å². The zero-order valence-electron chi connectivity index (χ0n) is 18.9. The van der Waals surface area contributed by atoms with Crippen molar-refractivity contribution in [2.75, 3.05) is 7.11 Å². The number of carbonyl (C=O) groups excluding carboxylic acids is 1. The van der Waals surface area contributed by atoms with E-state index in [1.807, 2.05) is 25.1 Å². The lowest BCUT2D eigenvalue weighted by atomic mass is 9.59. The Morgan fingerprint density at radius 2 is 2.09 bits per heavy atom.